The molecule has 0 aliphatic heterocycles. The molecular weight excluding hydrogens is 204 g/mol. The number of aryl methyl sites for hydroxylation is 2. The highest BCUT2D eigenvalue weighted by molar-refractivity contribution is 5.88. The third-order valence-electron chi connectivity index (χ3n) is 2.63. The summed E-state index contributed by atoms with van der Waals surface area (Å²) in [5.74, 6) is -0.372. The smallest absolute Gasteiger partial charge is 0.358 e. The van der Waals surface area contributed by atoms with Gasteiger partial charge in [-0.25, -0.2) is 9.78 Å². The molecule has 0 radical (unpaired) electrons. The second-order valence-electron chi connectivity index (χ2n) is 3.70. The molecular formula is C12H14N2O2. The molecule has 0 fully saturated rings. The summed E-state index contributed by atoms with van der Waals surface area (Å²) in [6.07, 6.45) is 3.59. The molecule has 0 aliphatic rings. The van der Waals surface area contributed by atoms with Crippen molar-refractivity contribution in [1.29, 1.82) is 0 Å². The standard InChI is InChI=1S/C12H14N2O2/c1-4-16-12(15)10-7-14-6-5-8(2)9(3)11(14)13-10/h5-7H,4H2,1-3H3. The van der Waals surface area contributed by atoms with Gasteiger partial charge in [-0.2, -0.15) is 0 Å². The van der Waals surface area contributed by atoms with Crippen LogP contribution >= 0.6 is 0 Å². The van der Waals surface area contributed by atoms with Crippen LogP contribution in [0.3, 0.4) is 0 Å². The number of fused-ring (bicyclic) bond motifs is 1. The van der Waals surface area contributed by atoms with Crippen LogP contribution in [0.5, 0.6) is 0 Å². The first-order chi connectivity index (χ1) is 7.63. The number of pyridine rings is 1. The Morgan fingerprint density at radius 1 is 1.50 bits per heavy atom. The lowest BCUT2D eigenvalue weighted by Crippen LogP contribution is -2.04. The summed E-state index contributed by atoms with van der Waals surface area (Å²) >= 11 is 0. The van der Waals surface area contributed by atoms with Gasteiger partial charge in [0, 0.05) is 12.4 Å². The number of rotatable bonds is 2. The molecule has 2 rings (SSSR count). The first-order valence-electron chi connectivity index (χ1n) is 5.25. The number of esters is 1. The van der Waals surface area contributed by atoms with Crippen molar-refractivity contribution in [2.24, 2.45) is 0 Å². The number of ether oxygens (including phenoxy) is 1. The molecule has 0 saturated heterocycles. The van der Waals surface area contributed by atoms with Crippen molar-refractivity contribution in [1.82, 2.24) is 9.38 Å². The summed E-state index contributed by atoms with van der Waals surface area (Å²) in [4.78, 5) is 15.8. The van der Waals surface area contributed by atoms with Crippen LogP contribution in [0.25, 0.3) is 5.65 Å². The quantitative estimate of drug-likeness (QED) is 0.725. The molecule has 84 valence electrons. The van der Waals surface area contributed by atoms with E-state index >= 15 is 0 Å². The maximum atomic E-state index is 11.5. The number of carbonyl (C=O) groups excluding carboxylic acids is 1. The van der Waals surface area contributed by atoms with E-state index in [1.807, 2.05) is 30.5 Å². The predicted molar refractivity (Wildman–Crippen MR) is 60.6 cm³/mol. The van der Waals surface area contributed by atoms with Gasteiger partial charge in [0.15, 0.2) is 5.69 Å². The summed E-state index contributed by atoms with van der Waals surface area (Å²) in [7, 11) is 0. The van der Waals surface area contributed by atoms with Crippen molar-refractivity contribution in [2.45, 2.75) is 20.8 Å². The average Bonchev–Trinajstić information content (AvgIpc) is 2.69. The summed E-state index contributed by atoms with van der Waals surface area (Å²) in [5.41, 5.74) is 3.41. The third-order valence-corrected chi connectivity index (χ3v) is 2.63. The van der Waals surface area contributed by atoms with Gasteiger partial charge in [0.25, 0.3) is 0 Å². The van der Waals surface area contributed by atoms with Crippen LogP contribution in [0.1, 0.15) is 28.5 Å². The van der Waals surface area contributed by atoms with E-state index in [1.165, 1.54) is 0 Å². The normalized spacial score (nSPS) is 10.7. The first kappa shape index (κ1) is 10.7. The number of carbonyl (C=O) groups is 1. The van der Waals surface area contributed by atoms with Crippen molar-refractivity contribution in [3.8, 4) is 0 Å². The number of nitrogens with zero attached hydrogens (tertiary/aromatic N) is 2. The second kappa shape index (κ2) is 3.96. The Hall–Kier alpha value is -1.84. The molecule has 0 spiro atoms. The highest BCUT2D eigenvalue weighted by Crippen LogP contribution is 2.14. The lowest BCUT2D eigenvalue weighted by molar-refractivity contribution is 0.0520. The molecule has 0 aromatic carbocycles. The van der Waals surface area contributed by atoms with Crippen LogP contribution in [-0.4, -0.2) is 22.0 Å². The molecule has 0 unspecified atom stereocenters. The Balaban J connectivity index is 2.52. The van der Waals surface area contributed by atoms with E-state index in [0.717, 1.165) is 16.8 Å². The van der Waals surface area contributed by atoms with Crippen molar-refractivity contribution in [3.63, 3.8) is 0 Å². The van der Waals surface area contributed by atoms with Crippen LogP contribution in [-0.2, 0) is 4.74 Å². The number of aromatic nitrogens is 2. The molecule has 2 aromatic rings. The van der Waals surface area contributed by atoms with E-state index < -0.39 is 0 Å². The van der Waals surface area contributed by atoms with Gasteiger partial charge in [-0.15, -0.1) is 0 Å². The highest BCUT2D eigenvalue weighted by Gasteiger charge is 2.12. The summed E-state index contributed by atoms with van der Waals surface area (Å²) < 4.78 is 6.75. The zero-order chi connectivity index (χ0) is 11.7. The third kappa shape index (κ3) is 1.66. The van der Waals surface area contributed by atoms with Crippen LogP contribution < -0.4 is 0 Å². The van der Waals surface area contributed by atoms with Crippen molar-refractivity contribution in [3.05, 3.63) is 35.3 Å². The van der Waals surface area contributed by atoms with Crippen molar-refractivity contribution < 1.29 is 9.53 Å². The fourth-order valence-corrected chi connectivity index (χ4v) is 1.58. The van der Waals surface area contributed by atoms with Gasteiger partial charge in [0.05, 0.1) is 6.61 Å². The summed E-state index contributed by atoms with van der Waals surface area (Å²) in [5, 5.41) is 0. The Bertz CT molecular complexity index is 543. The summed E-state index contributed by atoms with van der Waals surface area (Å²) in [6, 6.07) is 2.00. The molecule has 0 N–H and O–H groups in total. The van der Waals surface area contributed by atoms with Crippen LogP contribution in [0.15, 0.2) is 18.5 Å². The second-order valence-corrected chi connectivity index (χ2v) is 3.70. The zero-order valence-corrected chi connectivity index (χ0v) is 9.65. The van der Waals surface area contributed by atoms with Gasteiger partial charge in [-0.3, -0.25) is 0 Å². The van der Waals surface area contributed by atoms with E-state index in [9.17, 15) is 4.79 Å². The predicted octanol–water partition coefficient (Wildman–Crippen LogP) is 2.13. The van der Waals surface area contributed by atoms with Gasteiger partial charge in [-0.1, -0.05) is 0 Å². The van der Waals surface area contributed by atoms with Gasteiger partial charge in [0.2, 0.25) is 0 Å². The van der Waals surface area contributed by atoms with E-state index in [0.29, 0.717) is 12.3 Å². The zero-order valence-electron chi connectivity index (χ0n) is 9.65. The Labute approximate surface area is 93.9 Å². The molecule has 4 heteroatoms. The maximum absolute atomic E-state index is 11.5. The van der Waals surface area contributed by atoms with Crippen LogP contribution in [0.4, 0.5) is 0 Å². The molecule has 2 aromatic heterocycles. The van der Waals surface area contributed by atoms with Gasteiger partial charge >= 0.3 is 5.97 Å². The lowest BCUT2D eigenvalue weighted by atomic mass is 10.2. The Morgan fingerprint density at radius 3 is 2.94 bits per heavy atom. The minimum Gasteiger partial charge on any atom is -0.461 e. The molecule has 16 heavy (non-hydrogen) atoms. The monoisotopic (exact) mass is 218 g/mol. The minimum atomic E-state index is -0.372. The van der Waals surface area contributed by atoms with Gasteiger partial charge in [0.1, 0.15) is 5.65 Å². The number of hydrogen-bond acceptors (Lipinski definition) is 3. The van der Waals surface area contributed by atoms with Crippen LogP contribution in [0, 0.1) is 13.8 Å². The first-order valence-corrected chi connectivity index (χ1v) is 5.25. The molecule has 0 saturated carbocycles. The fourth-order valence-electron chi connectivity index (χ4n) is 1.58. The lowest BCUT2D eigenvalue weighted by Gasteiger charge is -2.00. The molecule has 0 atom stereocenters. The maximum Gasteiger partial charge on any atom is 0.358 e. The number of hydrogen-bond donors (Lipinski definition) is 0. The summed E-state index contributed by atoms with van der Waals surface area (Å²) in [6.45, 7) is 6.16. The van der Waals surface area contributed by atoms with Gasteiger partial charge in [-0.05, 0) is 38.0 Å². The molecule has 0 bridgehead atoms. The van der Waals surface area contributed by atoms with Crippen LogP contribution in [0.2, 0.25) is 0 Å². The average molecular weight is 218 g/mol. The molecule has 2 heterocycles. The minimum absolute atomic E-state index is 0.357. The topological polar surface area (TPSA) is 43.6 Å². The fraction of sp³-hybridized carbons (Fsp3) is 0.333. The Morgan fingerprint density at radius 2 is 2.25 bits per heavy atom. The largest absolute Gasteiger partial charge is 0.461 e. The molecule has 0 aliphatic carbocycles. The Kier molecular flexibility index (Phi) is 2.64. The van der Waals surface area contributed by atoms with Crippen molar-refractivity contribution >= 4 is 11.6 Å². The van der Waals surface area contributed by atoms with Crippen molar-refractivity contribution in [2.75, 3.05) is 6.61 Å². The van der Waals surface area contributed by atoms with Gasteiger partial charge < -0.3 is 9.14 Å². The highest BCUT2D eigenvalue weighted by atomic mass is 16.5. The van der Waals surface area contributed by atoms with E-state index in [1.54, 1.807) is 13.1 Å². The van der Waals surface area contributed by atoms with E-state index in [2.05, 4.69) is 4.98 Å². The van der Waals surface area contributed by atoms with E-state index in [4.69, 9.17) is 4.74 Å². The molecule has 0 amide bonds. The molecule has 4 nitrogen and oxygen atoms in total. The number of imidazole rings is 1. The van der Waals surface area contributed by atoms with E-state index in [-0.39, 0.29) is 5.97 Å². The SMILES string of the molecule is CCOC(=O)c1cn2ccc(C)c(C)c2n1.